The summed E-state index contributed by atoms with van der Waals surface area (Å²) < 4.78 is 31.7. The lowest BCUT2D eigenvalue weighted by molar-refractivity contribution is 0.340. The van der Waals surface area contributed by atoms with Crippen LogP contribution >= 0.6 is 0 Å². The standard InChI is InChI=1S/C40H54O5Si2/c1-9-29-25-33(41-13-5)17-21-37(29)46(38-22-18-34(42-14-6)26-30(38)10-2)45-47(39-23-19-35(43-15-7)27-31(39)11-3)40-24-20-36(44-16-8)28-32(40)12-4/h17-28,46-47H,9-16H2,1-8H3. The van der Waals surface area contributed by atoms with Crippen molar-refractivity contribution in [3.8, 4) is 23.0 Å². The summed E-state index contributed by atoms with van der Waals surface area (Å²) >= 11 is 0. The first-order valence-corrected chi connectivity index (χ1v) is 20.9. The number of benzene rings is 4. The second-order valence-electron chi connectivity index (χ2n) is 11.5. The molecule has 0 saturated carbocycles. The molecule has 0 bridgehead atoms. The van der Waals surface area contributed by atoms with Crippen molar-refractivity contribution in [3.63, 3.8) is 0 Å². The Labute approximate surface area is 286 Å². The topological polar surface area (TPSA) is 46.2 Å². The van der Waals surface area contributed by atoms with Crippen molar-refractivity contribution in [2.75, 3.05) is 26.4 Å². The molecule has 0 heterocycles. The summed E-state index contributed by atoms with van der Waals surface area (Å²) in [5.74, 6) is 3.65. The number of ether oxygens (including phenoxy) is 4. The third kappa shape index (κ3) is 8.89. The second-order valence-corrected chi connectivity index (χ2v) is 16.6. The van der Waals surface area contributed by atoms with Crippen LogP contribution in [0.2, 0.25) is 0 Å². The van der Waals surface area contributed by atoms with E-state index in [1.165, 1.54) is 43.0 Å². The van der Waals surface area contributed by atoms with Crippen molar-refractivity contribution in [3.05, 3.63) is 95.1 Å². The largest absolute Gasteiger partial charge is 0.494 e. The molecule has 0 aliphatic carbocycles. The minimum Gasteiger partial charge on any atom is -0.494 e. The van der Waals surface area contributed by atoms with Crippen LogP contribution in [0.3, 0.4) is 0 Å². The first kappa shape index (κ1) is 36.3. The van der Waals surface area contributed by atoms with Gasteiger partial charge in [-0.15, -0.1) is 0 Å². The lowest BCUT2D eigenvalue weighted by Crippen LogP contribution is -2.58. The fourth-order valence-electron chi connectivity index (χ4n) is 6.37. The van der Waals surface area contributed by atoms with Crippen LogP contribution in [0.25, 0.3) is 0 Å². The minimum absolute atomic E-state index is 0.642. The maximum Gasteiger partial charge on any atom is 0.229 e. The normalized spacial score (nSPS) is 11.3. The van der Waals surface area contributed by atoms with E-state index in [2.05, 4.69) is 100 Å². The molecule has 0 saturated heterocycles. The van der Waals surface area contributed by atoms with Gasteiger partial charge in [0.1, 0.15) is 23.0 Å². The molecule has 0 aromatic heterocycles. The molecule has 0 spiro atoms. The molecule has 0 unspecified atom stereocenters. The molecular weight excluding hydrogens is 617 g/mol. The highest BCUT2D eigenvalue weighted by Crippen LogP contribution is 2.21. The molecule has 4 aromatic rings. The molecule has 47 heavy (non-hydrogen) atoms. The fraction of sp³-hybridized carbons (Fsp3) is 0.400. The second kappa shape index (κ2) is 18.1. The Bertz CT molecular complexity index is 1360. The van der Waals surface area contributed by atoms with Crippen LogP contribution < -0.4 is 39.7 Å². The van der Waals surface area contributed by atoms with Gasteiger partial charge in [0.15, 0.2) is 0 Å². The van der Waals surface area contributed by atoms with Crippen LogP contribution in [0.15, 0.2) is 72.8 Å². The fourth-order valence-corrected chi connectivity index (χ4v) is 14.1. The third-order valence-corrected chi connectivity index (χ3v) is 15.3. The van der Waals surface area contributed by atoms with Crippen LogP contribution in [-0.4, -0.2) is 44.5 Å². The van der Waals surface area contributed by atoms with E-state index in [0.29, 0.717) is 26.4 Å². The maximum absolute atomic E-state index is 7.88. The maximum atomic E-state index is 7.88. The van der Waals surface area contributed by atoms with Gasteiger partial charge in [-0.1, -0.05) is 52.0 Å². The molecule has 4 aromatic carbocycles. The van der Waals surface area contributed by atoms with E-state index < -0.39 is 18.1 Å². The summed E-state index contributed by atoms with van der Waals surface area (Å²) in [6.07, 6.45) is 3.61. The van der Waals surface area contributed by atoms with Gasteiger partial charge in [-0.2, -0.15) is 0 Å². The Kier molecular flexibility index (Phi) is 14.0. The lowest BCUT2D eigenvalue weighted by atomic mass is 10.1. The number of aryl methyl sites for hydroxylation is 4. The highest BCUT2D eigenvalue weighted by molar-refractivity contribution is 6.92. The number of hydrogen-bond donors (Lipinski definition) is 0. The Morgan fingerprint density at radius 2 is 0.596 bits per heavy atom. The summed E-state index contributed by atoms with van der Waals surface area (Å²) in [7, 11) is -4.54. The van der Waals surface area contributed by atoms with Gasteiger partial charge in [0, 0.05) is 0 Å². The molecule has 0 aliphatic rings. The third-order valence-electron chi connectivity index (χ3n) is 8.63. The number of hydrogen-bond acceptors (Lipinski definition) is 5. The molecule has 0 fully saturated rings. The summed E-state index contributed by atoms with van der Waals surface area (Å²) in [5, 5.41) is 5.28. The average Bonchev–Trinajstić information content (AvgIpc) is 3.10. The van der Waals surface area contributed by atoms with Gasteiger partial charge in [0.25, 0.3) is 0 Å². The average molecular weight is 671 g/mol. The van der Waals surface area contributed by atoms with E-state index >= 15 is 0 Å². The molecule has 0 N–H and O–H groups in total. The molecule has 252 valence electrons. The lowest BCUT2D eigenvalue weighted by Gasteiger charge is -2.30. The van der Waals surface area contributed by atoms with Crippen molar-refractivity contribution < 1.29 is 23.1 Å². The van der Waals surface area contributed by atoms with Gasteiger partial charge in [0.2, 0.25) is 18.1 Å². The molecule has 0 aliphatic heterocycles. The monoisotopic (exact) mass is 670 g/mol. The van der Waals surface area contributed by atoms with Crippen LogP contribution in [0.4, 0.5) is 0 Å². The van der Waals surface area contributed by atoms with E-state index in [-0.39, 0.29) is 0 Å². The van der Waals surface area contributed by atoms with Gasteiger partial charge < -0.3 is 23.1 Å². The zero-order valence-corrected chi connectivity index (χ0v) is 32.1. The van der Waals surface area contributed by atoms with Crippen LogP contribution in [-0.2, 0) is 29.8 Å². The summed E-state index contributed by atoms with van der Waals surface area (Å²) in [5.41, 5.74) is 5.17. The summed E-state index contributed by atoms with van der Waals surface area (Å²) in [4.78, 5) is 0. The number of rotatable bonds is 18. The van der Waals surface area contributed by atoms with Crippen molar-refractivity contribution in [2.24, 2.45) is 0 Å². The van der Waals surface area contributed by atoms with Gasteiger partial charge in [-0.05, 0) is 145 Å². The van der Waals surface area contributed by atoms with E-state index in [4.69, 9.17) is 23.1 Å². The first-order valence-electron chi connectivity index (χ1n) is 17.6. The van der Waals surface area contributed by atoms with Crippen LogP contribution in [0.5, 0.6) is 23.0 Å². The molecular formula is C40H54O5Si2. The Balaban J connectivity index is 1.99. The highest BCUT2D eigenvalue weighted by Gasteiger charge is 2.32. The van der Waals surface area contributed by atoms with E-state index in [0.717, 1.165) is 48.7 Å². The van der Waals surface area contributed by atoms with Gasteiger partial charge in [-0.3, -0.25) is 0 Å². The Hall–Kier alpha value is -3.53. The Morgan fingerprint density at radius 3 is 0.787 bits per heavy atom. The summed E-state index contributed by atoms with van der Waals surface area (Å²) in [6, 6.07) is 26.5. The minimum atomic E-state index is -2.27. The molecule has 0 radical (unpaired) electrons. The first-order chi connectivity index (χ1) is 22.9. The summed E-state index contributed by atoms with van der Waals surface area (Å²) in [6.45, 7) is 19.6. The van der Waals surface area contributed by atoms with E-state index in [9.17, 15) is 0 Å². The van der Waals surface area contributed by atoms with Crippen molar-refractivity contribution in [2.45, 2.75) is 81.1 Å². The SMILES string of the molecule is CCOc1ccc([SiH](O[SiH](c2ccc(OCC)cc2CC)c2ccc(OCC)cc2CC)c2ccc(OCC)cc2CC)c(CC)c1. The predicted octanol–water partition coefficient (Wildman–Crippen LogP) is 5.92. The highest BCUT2D eigenvalue weighted by atomic mass is 28.4. The molecule has 7 heteroatoms. The van der Waals surface area contributed by atoms with Gasteiger partial charge in [0.05, 0.1) is 26.4 Å². The van der Waals surface area contributed by atoms with Crippen molar-refractivity contribution in [1.82, 2.24) is 0 Å². The van der Waals surface area contributed by atoms with Crippen LogP contribution in [0.1, 0.15) is 77.6 Å². The van der Waals surface area contributed by atoms with Crippen molar-refractivity contribution >= 4 is 38.8 Å². The predicted molar refractivity (Wildman–Crippen MR) is 202 cm³/mol. The van der Waals surface area contributed by atoms with Gasteiger partial charge in [-0.25, -0.2) is 0 Å². The van der Waals surface area contributed by atoms with Crippen molar-refractivity contribution in [1.29, 1.82) is 0 Å². The smallest absolute Gasteiger partial charge is 0.229 e. The zero-order valence-electron chi connectivity index (χ0n) is 29.8. The molecule has 0 amide bonds. The van der Waals surface area contributed by atoms with E-state index in [1.54, 1.807) is 0 Å². The van der Waals surface area contributed by atoms with Crippen LogP contribution in [0, 0.1) is 0 Å². The van der Waals surface area contributed by atoms with E-state index in [1.807, 2.05) is 27.7 Å². The molecule has 5 nitrogen and oxygen atoms in total. The quantitative estimate of drug-likeness (QED) is 0.123. The molecule has 0 atom stereocenters. The molecule has 4 rings (SSSR count). The van der Waals surface area contributed by atoms with Gasteiger partial charge >= 0.3 is 0 Å². The Morgan fingerprint density at radius 1 is 0.362 bits per heavy atom. The zero-order chi connectivity index (χ0) is 33.8.